The van der Waals surface area contributed by atoms with Crippen LogP contribution in [0.15, 0.2) is 18.2 Å². The molecule has 0 aromatic heterocycles. The molecule has 0 unspecified atom stereocenters. The summed E-state index contributed by atoms with van der Waals surface area (Å²) in [6.07, 6.45) is 1.52. The van der Waals surface area contributed by atoms with Gasteiger partial charge in [0.25, 0.3) is 0 Å². The van der Waals surface area contributed by atoms with Gasteiger partial charge in [0.2, 0.25) is 0 Å². The van der Waals surface area contributed by atoms with Crippen LogP contribution < -0.4 is 10.6 Å². The van der Waals surface area contributed by atoms with Crippen molar-refractivity contribution in [1.29, 1.82) is 0 Å². The highest BCUT2D eigenvalue weighted by Gasteiger charge is 2.28. The quantitative estimate of drug-likeness (QED) is 0.637. The molecule has 0 aliphatic carbocycles. The minimum Gasteiger partial charge on any atom is -0.508 e. The Morgan fingerprint density at radius 3 is 2.71 bits per heavy atom. The Morgan fingerprint density at radius 2 is 2.06 bits per heavy atom. The van der Waals surface area contributed by atoms with Crippen LogP contribution in [-0.4, -0.2) is 35.4 Å². The van der Waals surface area contributed by atoms with Crippen LogP contribution in [0.1, 0.15) is 18.4 Å². The summed E-state index contributed by atoms with van der Waals surface area (Å²) >= 11 is 0. The smallest absolute Gasteiger partial charge is 0.120 e. The number of phenolic OH excluding ortho intramolecular Hbond substituents is 1. The Morgan fingerprint density at radius 1 is 1.35 bits per heavy atom. The summed E-state index contributed by atoms with van der Waals surface area (Å²) in [5, 5.41) is 26.3. The third-order valence-electron chi connectivity index (χ3n) is 3.36. The molecule has 17 heavy (non-hydrogen) atoms. The lowest BCUT2D eigenvalue weighted by Gasteiger charge is -2.33. The molecule has 4 heteroatoms. The van der Waals surface area contributed by atoms with Gasteiger partial charge in [-0.05, 0) is 44.5 Å². The number of aliphatic hydroxyl groups is 1. The molecule has 0 atom stereocenters. The minimum absolute atomic E-state index is 0.285. The molecule has 0 spiro atoms. The third kappa shape index (κ3) is 3.11. The van der Waals surface area contributed by atoms with Crippen LogP contribution in [-0.2, 0) is 0 Å². The van der Waals surface area contributed by atoms with Crippen LogP contribution in [0.4, 0.5) is 5.69 Å². The first kappa shape index (κ1) is 12.2. The molecule has 1 aromatic rings. The van der Waals surface area contributed by atoms with Crippen molar-refractivity contribution in [2.45, 2.75) is 25.4 Å². The summed E-state index contributed by atoms with van der Waals surface area (Å²) in [7, 11) is 0. The molecule has 1 aliphatic rings. The molecule has 0 radical (unpaired) electrons. The summed E-state index contributed by atoms with van der Waals surface area (Å²) in [4.78, 5) is 0. The molecular weight excluding hydrogens is 216 g/mol. The maximum Gasteiger partial charge on any atom is 0.120 e. The number of rotatable bonds is 3. The number of anilines is 1. The lowest BCUT2D eigenvalue weighted by molar-refractivity contribution is 0.0232. The van der Waals surface area contributed by atoms with Crippen LogP contribution in [0.25, 0.3) is 0 Å². The maximum atomic E-state index is 10.3. The van der Waals surface area contributed by atoms with Crippen molar-refractivity contribution >= 4 is 5.69 Å². The van der Waals surface area contributed by atoms with E-state index in [1.807, 2.05) is 19.1 Å². The number of aryl methyl sites for hydroxylation is 1. The fourth-order valence-corrected chi connectivity index (χ4v) is 2.05. The van der Waals surface area contributed by atoms with Crippen LogP contribution >= 0.6 is 0 Å². The summed E-state index contributed by atoms with van der Waals surface area (Å²) in [5.74, 6) is 0.285. The Hall–Kier alpha value is -1.26. The average Bonchev–Trinajstić information content (AvgIpc) is 2.32. The number of benzene rings is 1. The number of nitrogens with one attached hydrogen (secondary N) is 2. The Kier molecular flexibility index (Phi) is 3.54. The van der Waals surface area contributed by atoms with E-state index in [4.69, 9.17) is 0 Å². The SMILES string of the molecule is Cc1ccc(NCC2(O)CCNCC2)cc1O. The van der Waals surface area contributed by atoms with Crippen LogP contribution in [0.2, 0.25) is 0 Å². The Labute approximate surface area is 102 Å². The number of hydrogen-bond donors (Lipinski definition) is 4. The van der Waals surface area contributed by atoms with E-state index in [0.29, 0.717) is 6.54 Å². The predicted molar refractivity (Wildman–Crippen MR) is 68.4 cm³/mol. The molecule has 94 valence electrons. The minimum atomic E-state index is -0.633. The lowest BCUT2D eigenvalue weighted by Crippen LogP contribution is -2.46. The second kappa shape index (κ2) is 4.94. The monoisotopic (exact) mass is 236 g/mol. The third-order valence-corrected chi connectivity index (χ3v) is 3.36. The number of piperidine rings is 1. The van der Waals surface area contributed by atoms with E-state index >= 15 is 0 Å². The summed E-state index contributed by atoms with van der Waals surface area (Å²) in [5.41, 5.74) is 1.07. The topological polar surface area (TPSA) is 64.5 Å². The maximum absolute atomic E-state index is 10.3. The highest BCUT2D eigenvalue weighted by atomic mass is 16.3. The van der Waals surface area contributed by atoms with Gasteiger partial charge in [-0.15, -0.1) is 0 Å². The molecule has 1 heterocycles. The van der Waals surface area contributed by atoms with Gasteiger partial charge >= 0.3 is 0 Å². The largest absolute Gasteiger partial charge is 0.508 e. The van der Waals surface area contributed by atoms with Crippen molar-refractivity contribution in [3.05, 3.63) is 23.8 Å². The predicted octanol–water partition coefficient (Wildman–Crippen LogP) is 1.23. The zero-order valence-corrected chi connectivity index (χ0v) is 10.2. The Balaban J connectivity index is 1.94. The van der Waals surface area contributed by atoms with E-state index in [-0.39, 0.29) is 5.75 Å². The van der Waals surface area contributed by atoms with E-state index in [0.717, 1.165) is 37.2 Å². The number of aromatic hydroxyl groups is 1. The zero-order valence-electron chi connectivity index (χ0n) is 10.2. The highest BCUT2D eigenvalue weighted by molar-refractivity contribution is 5.51. The molecule has 2 rings (SSSR count). The molecule has 0 amide bonds. The van der Waals surface area contributed by atoms with Gasteiger partial charge in [-0.25, -0.2) is 0 Å². The van der Waals surface area contributed by atoms with E-state index in [2.05, 4.69) is 10.6 Å². The molecule has 1 saturated heterocycles. The number of phenols is 1. The summed E-state index contributed by atoms with van der Waals surface area (Å²) in [6, 6.07) is 5.48. The first-order valence-corrected chi connectivity index (χ1v) is 6.06. The molecule has 1 aromatic carbocycles. The van der Waals surface area contributed by atoms with Crippen molar-refractivity contribution in [2.24, 2.45) is 0 Å². The second-order valence-electron chi connectivity index (χ2n) is 4.83. The van der Waals surface area contributed by atoms with Gasteiger partial charge in [0.1, 0.15) is 5.75 Å². The van der Waals surface area contributed by atoms with E-state index < -0.39 is 5.60 Å². The molecule has 0 saturated carbocycles. The first-order valence-electron chi connectivity index (χ1n) is 6.06. The van der Waals surface area contributed by atoms with Gasteiger partial charge in [-0.1, -0.05) is 6.07 Å². The molecule has 1 aliphatic heterocycles. The Bertz CT molecular complexity index is 387. The van der Waals surface area contributed by atoms with Crippen LogP contribution in [0.3, 0.4) is 0 Å². The fraction of sp³-hybridized carbons (Fsp3) is 0.538. The van der Waals surface area contributed by atoms with Gasteiger partial charge < -0.3 is 20.8 Å². The van der Waals surface area contributed by atoms with Crippen molar-refractivity contribution in [3.63, 3.8) is 0 Å². The molecular formula is C13H20N2O2. The van der Waals surface area contributed by atoms with Crippen molar-refractivity contribution < 1.29 is 10.2 Å². The standard InChI is InChI=1S/C13H20N2O2/c1-10-2-3-11(8-12(10)16)15-9-13(17)4-6-14-7-5-13/h2-3,8,14-17H,4-7,9H2,1H3. The van der Waals surface area contributed by atoms with Gasteiger partial charge in [0, 0.05) is 18.3 Å². The number of hydrogen-bond acceptors (Lipinski definition) is 4. The molecule has 4 N–H and O–H groups in total. The average molecular weight is 236 g/mol. The molecule has 4 nitrogen and oxygen atoms in total. The van der Waals surface area contributed by atoms with E-state index in [1.54, 1.807) is 6.07 Å². The summed E-state index contributed by atoms with van der Waals surface area (Å²) < 4.78 is 0. The molecule has 0 bridgehead atoms. The molecule has 1 fully saturated rings. The van der Waals surface area contributed by atoms with E-state index in [9.17, 15) is 10.2 Å². The van der Waals surface area contributed by atoms with E-state index in [1.165, 1.54) is 0 Å². The van der Waals surface area contributed by atoms with Gasteiger partial charge in [0.05, 0.1) is 5.60 Å². The van der Waals surface area contributed by atoms with Gasteiger partial charge in [0.15, 0.2) is 0 Å². The second-order valence-corrected chi connectivity index (χ2v) is 4.83. The van der Waals surface area contributed by atoms with Crippen LogP contribution in [0, 0.1) is 6.92 Å². The fourth-order valence-electron chi connectivity index (χ4n) is 2.05. The van der Waals surface area contributed by atoms with Crippen LogP contribution in [0.5, 0.6) is 5.75 Å². The zero-order chi connectivity index (χ0) is 12.3. The highest BCUT2D eigenvalue weighted by Crippen LogP contribution is 2.23. The summed E-state index contributed by atoms with van der Waals surface area (Å²) in [6.45, 7) is 4.10. The van der Waals surface area contributed by atoms with Crippen molar-refractivity contribution in [3.8, 4) is 5.75 Å². The lowest BCUT2D eigenvalue weighted by atomic mass is 9.92. The van der Waals surface area contributed by atoms with Crippen molar-refractivity contribution in [2.75, 3.05) is 25.0 Å². The van der Waals surface area contributed by atoms with Gasteiger partial charge in [-0.2, -0.15) is 0 Å². The van der Waals surface area contributed by atoms with Crippen molar-refractivity contribution in [1.82, 2.24) is 5.32 Å². The van der Waals surface area contributed by atoms with Gasteiger partial charge in [-0.3, -0.25) is 0 Å². The first-order chi connectivity index (χ1) is 8.09. The normalized spacial score (nSPS) is 18.9.